The first-order chi connectivity index (χ1) is 15.1. The van der Waals surface area contributed by atoms with E-state index in [-0.39, 0.29) is 17.3 Å². The second kappa shape index (κ2) is 11.7. The number of benzene rings is 1. The summed E-state index contributed by atoms with van der Waals surface area (Å²) in [6.07, 6.45) is 16.5. The van der Waals surface area contributed by atoms with Crippen LogP contribution in [-0.4, -0.2) is 17.1 Å². The van der Waals surface area contributed by atoms with E-state index in [4.69, 9.17) is 4.74 Å². The van der Waals surface area contributed by atoms with Crippen molar-refractivity contribution in [3.05, 3.63) is 83.0 Å². The minimum Gasteiger partial charge on any atom is -0.508 e. The summed E-state index contributed by atoms with van der Waals surface area (Å²) in [6.45, 7) is 15.1. The largest absolute Gasteiger partial charge is 0.508 e. The van der Waals surface area contributed by atoms with Crippen molar-refractivity contribution in [2.24, 2.45) is 10.4 Å². The predicted octanol–water partition coefficient (Wildman–Crippen LogP) is 8.38. The van der Waals surface area contributed by atoms with E-state index in [2.05, 4.69) is 63.1 Å². The van der Waals surface area contributed by atoms with Gasteiger partial charge in [0.25, 0.3) is 0 Å². The third-order valence-electron chi connectivity index (χ3n) is 5.57. The zero-order valence-electron chi connectivity index (χ0n) is 20.8. The maximum Gasteiger partial charge on any atom is 0.214 e. The second-order valence-corrected chi connectivity index (χ2v) is 9.56. The summed E-state index contributed by atoms with van der Waals surface area (Å²) in [7, 11) is 0. The first-order valence-electron chi connectivity index (χ1n) is 11.5. The Balaban J connectivity index is 2.12. The van der Waals surface area contributed by atoms with Crippen LogP contribution in [0.1, 0.15) is 67.7 Å². The van der Waals surface area contributed by atoms with Gasteiger partial charge >= 0.3 is 0 Å². The molecule has 0 fully saturated rings. The molecule has 0 atom stereocenters. The first kappa shape index (κ1) is 25.5. The Morgan fingerprint density at radius 3 is 2.41 bits per heavy atom. The molecule has 1 aromatic carbocycles. The van der Waals surface area contributed by atoms with Crippen LogP contribution < -0.4 is 0 Å². The number of phenolic OH excluding ortho intramolecular Hbond substituents is 1. The van der Waals surface area contributed by atoms with Crippen LogP contribution >= 0.6 is 0 Å². The summed E-state index contributed by atoms with van der Waals surface area (Å²) >= 11 is 0. The lowest BCUT2D eigenvalue weighted by Gasteiger charge is -2.32. The van der Waals surface area contributed by atoms with Gasteiger partial charge in [-0.15, -0.1) is 0 Å². The molecule has 1 aliphatic rings. The van der Waals surface area contributed by atoms with Crippen molar-refractivity contribution in [2.45, 2.75) is 73.8 Å². The molecule has 2 rings (SSSR count). The van der Waals surface area contributed by atoms with Crippen molar-refractivity contribution >= 4 is 11.6 Å². The molecule has 32 heavy (non-hydrogen) atoms. The summed E-state index contributed by atoms with van der Waals surface area (Å²) in [6, 6.07) is 6.77. The minimum atomic E-state index is 0.0213. The van der Waals surface area contributed by atoms with Gasteiger partial charge in [0.05, 0.1) is 11.8 Å². The van der Waals surface area contributed by atoms with Crippen LogP contribution in [0.4, 0.5) is 5.69 Å². The first-order valence-corrected chi connectivity index (χ1v) is 11.5. The Morgan fingerprint density at radius 2 is 1.78 bits per heavy atom. The van der Waals surface area contributed by atoms with Crippen molar-refractivity contribution in [3.63, 3.8) is 0 Å². The number of nitrogens with zero attached hydrogens (tertiary/aromatic N) is 1. The lowest BCUT2D eigenvalue weighted by atomic mass is 9.72. The van der Waals surface area contributed by atoms with Crippen molar-refractivity contribution < 1.29 is 9.84 Å². The Hall–Kier alpha value is -2.81. The van der Waals surface area contributed by atoms with E-state index >= 15 is 0 Å². The number of phenols is 1. The quantitative estimate of drug-likeness (QED) is 0.266. The van der Waals surface area contributed by atoms with Gasteiger partial charge in [-0.3, -0.25) is 0 Å². The van der Waals surface area contributed by atoms with Crippen LogP contribution in [-0.2, 0) is 4.74 Å². The number of ether oxygens (including phenoxy) is 1. The smallest absolute Gasteiger partial charge is 0.214 e. The summed E-state index contributed by atoms with van der Waals surface area (Å²) in [5, 5.41) is 9.46. The minimum absolute atomic E-state index is 0.0213. The molecular weight excluding hydrogens is 394 g/mol. The number of aliphatic imine (C=N–C) groups is 1. The molecule has 3 nitrogen and oxygen atoms in total. The fraction of sp³-hybridized carbons (Fsp3) is 0.414. The number of hydrogen-bond donors (Lipinski definition) is 1. The van der Waals surface area contributed by atoms with Crippen LogP contribution in [0, 0.1) is 5.41 Å². The molecule has 0 aromatic heterocycles. The highest BCUT2D eigenvalue weighted by atomic mass is 16.5. The summed E-state index contributed by atoms with van der Waals surface area (Å²) in [4.78, 5) is 4.57. The highest BCUT2D eigenvalue weighted by Gasteiger charge is 2.26. The molecule has 0 bridgehead atoms. The van der Waals surface area contributed by atoms with E-state index < -0.39 is 0 Å². The molecule has 0 amide bonds. The average Bonchev–Trinajstić information content (AvgIpc) is 2.68. The van der Waals surface area contributed by atoms with E-state index in [0.717, 1.165) is 11.3 Å². The number of allylic oxidation sites excluding steroid dienone is 9. The topological polar surface area (TPSA) is 41.8 Å². The van der Waals surface area contributed by atoms with Crippen LogP contribution in [0.2, 0.25) is 0 Å². The van der Waals surface area contributed by atoms with Crippen molar-refractivity contribution in [1.82, 2.24) is 0 Å². The fourth-order valence-electron chi connectivity index (χ4n) is 3.86. The molecule has 0 aliphatic heterocycles. The zero-order valence-corrected chi connectivity index (χ0v) is 20.8. The molecule has 1 N–H and O–H groups in total. The molecule has 172 valence electrons. The van der Waals surface area contributed by atoms with Gasteiger partial charge in [0, 0.05) is 6.08 Å². The van der Waals surface area contributed by atoms with Crippen LogP contribution in [0.15, 0.2) is 88.0 Å². The summed E-state index contributed by atoms with van der Waals surface area (Å²) in [5.74, 6) is 0.773. The Kier molecular flexibility index (Phi) is 9.31. The fourth-order valence-corrected chi connectivity index (χ4v) is 3.86. The van der Waals surface area contributed by atoms with Crippen molar-refractivity contribution in [2.75, 3.05) is 0 Å². The average molecular weight is 434 g/mol. The van der Waals surface area contributed by atoms with E-state index in [1.54, 1.807) is 24.3 Å². The Labute approximate surface area is 194 Å². The van der Waals surface area contributed by atoms with Crippen LogP contribution in [0.25, 0.3) is 0 Å². The molecule has 0 radical (unpaired) electrons. The van der Waals surface area contributed by atoms with Crippen molar-refractivity contribution in [1.29, 1.82) is 0 Å². The van der Waals surface area contributed by atoms with E-state index in [1.165, 1.54) is 36.0 Å². The van der Waals surface area contributed by atoms with E-state index in [0.29, 0.717) is 5.90 Å². The van der Waals surface area contributed by atoms with Gasteiger partial charge < -0.3 is 9.84 Å². The van der Waals surface area contributed by atoms with Gasteiger partial charge in [-0.25, -0.2) is 4.99 Å². The number of aromatic hydroxyl groups is 1. The molecule has 0 heterocycles. The normalized spacial score (nSPS) is 18.3. The van der Waals surface area contributed by atoms with Gasteiger partial charge in [0.1, 0.15) is 5.75 Å². The molecular formula is C29H39NO2. The third-order valence-corrected chi connectivity index (χ3v) is 5.57. The number of rotatable bonds is 7. The SMILES string of the molecule is CC1=C(/C=C/C(C)=C/C=C/C(C)=C/C(=Nc2ccc(O)cc2)OC(C)C)C(C)(C)CCC1. The summed E-state index contributed by atoms with van der Waals surface area (Å²) in [5.41, 5.74) is 6.26. The molecule has 0 spiro atoms. The Bertz CT molecular complexity index is 951. The predicted molar refractivity (Wildman–Crippen MR) is 138 cm³/mol. The zero-order chi connectivity index (χ0) is 23.7. The Morgan fingerprint density at radius 1 is 1.09 bits per heavy atom. The standard InChI is InChI=1S/C29H39NO2/c1-21(2)32-28(30-25-14-16-26(31)17-15-25)20-23(4)11-8-10-22(3)13-18-27-24(5)12-9-19-29(27,6)7/h8,10-11,13-18,20-21,31H,9,12,19H2,1-7H3/b11-8+,18-13+,22-10+,23-20+,30-28?. The monoisotopic (exact) mass is 433 g/mol. The number of hydrogen-bond acceptors (Lipinski definition) is 3. The van der Waals surface area contributed by atoms with E-state index in [9.17, 15) is 5.11 Å². The lowest BCUT2D eigenvalue weighted by Crippen LogP contribution is -2.19. The van der Waals surface area contributed by atoms with Gasteiger partial charge in [-0.05, 0) is 94.7 Å². The highest BCUT2D eigenvalue weighted by molar-refractivity contribution is 5.91. The maximum atomic E-state index is 9.46. The van der Waals surface area contributed by atoms with E-state index in [1.807, 2.05) is 26.8 Å². The lowest BCUT2D eigenvalue weighted by molar-refractivity contribution is 0.231. The van der Waals surface area contributed by atoms with Gasteiger partial charge in [-0.2, -0.15) is 0 Å². The summed E-state index contributed by atoms with van der Waals surface area (Å²) < 4.78 is 5.86. The van der Waals surface area contributed by atoms with Crippen LogP contribution in [0.5, 0.6) is 5.75 Å². The van der Waals surface area contributed by atoms with Gasteiger partial charge in [0.15, 0.2) is 0 Å². The molecule has 0 unspecified atom stereocenters. The maximum absolute atomic E-state index is 9.46. The molecule has 0 saturated carbocycles. The van der Waals surface area contributed by atoms with Gasteiger partial charge in [0.2, 0.25) is 5.90 Å². The third kappa shape index (κ3) is 8.37. The van der Waals surface area contributed by atoms with Crippen LogP contribution in [0.3, 0.4) is 0 Å². The molecule has 1 aliphatic carbocycles. The molecule has 3 heteroatoms. The van der Waals surface area contributed by atoms with Gasteiger partial charge in [-0.1, -0.05) is 55.4 Å². The van der Waals surface area contributed by atoms with Crippen molar-refractivity contribution in [3.8, 4) is 5.75 Å². The second-order valence-electron chi connectivity index (χ2n) is 9.56. The molecule has 1 aromatic rings. The highest BCUT2D eigenvalue weighted by Crippen LogP contribution is 2.40. The molecule has 0 saturated heterocycles.